The van der Waals surface area contributed by atoms with Crippen LogP contribution >= 0.6 is 0 Å². The third-order valence-corrected chi connectivity index (χ3v) is 5.07. The summed E-state index contributed by atoms with van der Waals surface area (Å²) in [5.41, 5.74) is 3.04. The second-order valence-electron chi connectivity index (χ2n) is 5.65. The van der Waals surface area contributed by atoms with Crippen LogP contribution in [0.15, 0.2) is 24.3 Å². The van der Waals surface area contributed by atoms with Gasteiger partial charge in [-0.15, -0.1) is 0 Å². The first kappa shape index (κ1) is 14.5. The maximum atomic E-state index is 5.88. The average Bonchev–Trinajstić information content (AvgIpc) is 2.44. The summed E-state index contributed by atoms with van der Waals surface area (Å²) in [6, 6.07) is 9.25. The summed E-state index contributed by atoms with van der Waals surface area (Å²) in [7, 11) is 3.92. The van der Waals surface area contributed by atoms with Crippen molar-refractivity contribution in [3.63, 3.8) is 0 Å². The summed E-state index contributed by atoms with van der Waals surface area (Å²) < 4.78 is 5.88. The Balaban J connectivity index is 2.09. The minimum Gasteiger partial charge on any atom is -0.377 e. The van der Waals surface area contributed by atoms with Crippen LogP contribution in [0.2, 0.25) is 0 Å². The van der Waals surface area contributed by atoms with E-state index in [2.05, 4.69) is 50.5 Å². The van der Waals surface area contributed by atoms with Crippen LogP contribution in [0, 0.1) is 0 Å². The molecule has 0 aromatic heterocycles. The Morgan fingerprint density at radius 1 is 1.32 bits per heavy atom. The summed E-state index contributed by atoms with van der Waals surface area (Å²) in [5, 5.41) is 3.50. The number of fused-ring (bicyclic) bond motifs is 1. The average molecular weight is 261 g/mol. The molecule has 2 atom stereocenters. The van der Waals surface area contributed by atoms with E-state index in [0.29, 0.717) is 12.0 Å². The van der Waals surface area contributed by atoms with Crippen molar-refractivity contribution in [1.29, 1.82) is 0 Å². The normalized spacial score (nSPS) is 19.7. The summed E-state index contributed by atoms with van der Waals surface area (Å²) in [5.74, 6) is 0.696. The standard InChI is InChI=1S/C17H27NO/c1-5-17(6-2,19-4)16(18-3)12-14-11-13-9-7-8-10-15(13)14/h7-10,14,16,18H,5-6,11-12H2,1-4H3. The van der Waals surface area contributed by atoms with Gasteiger partial charge in [-0.05, 0) is 49.8 Å². The number of methoxy groups -OCH3 is 1. The molecule has 0 saturated carbocycles. The molecule has 19 heavy (non-hydrogen) atoms. The van der Waals surface area contributed by atoms with E-state index in [0.717, 1.165) is 12.8 Å². The van der Waals surface area contributed by atoms with Crippen molar-refractivity contribution in [2.24, 2.45) is 0 Å². The summed E-state index contributed by atoms with van der Waals surface area (Å²) in [6.45, 7) is 4.46. The van der Waals surface area contributed by atoms with E-state index in [9.17, 15) is 0 Å². The topological polar surface area (TPSA) is 21.3 Å². The van der Waals surface area contributed by atoms with Crippen molar-refractivity contribution in [1.82, 2.24) is 5.32 Å². The van der Waals surface area contributed by atoms with Gasteiger partial charge in [0.2, 0.25) is 0 Å². The first-order chi connectivity index (χ1) is 9.20. The second-order valence-corrected chi connectivity index (χ2v) is 5.65. The first-order valence-electron chi connectivity index (χ1n) is 7.51. The lowest BCUT2D eigenvalue weighted by atomic mass is 9.71. The number of rotatable bonds is 7. The number of nitrogens with one attached hydrogen (secondary N) is 1. The minimum atomic E-state index is -0.0285. The number of benzene rings is 1. The highest BCUT2D eigenvalue weighted by atomic mass is 16.5. The van der Waals surface area contributed by atoms with Gasteiger partial charge in [-0.25, -0.2) is 0 Å². The molecule has 1 aliphatic carbocycles. The van der Waals surface area contributed by atoms with Crippen LogP contribution in [0.5, 0.6) is 0 Å². The van der Waals surface area contributed by atoms with Crippen molar-refractivity contribution >= 4 is 0 Å². The zero-order chi connectivity index (χ0) is 13.9. The van der Waals surface area contributed by atoms with E-state index in [1.54, 1.807) is 5.56 Å². The van der Waals surface area contributed by atoms with Crippen molar-refractivity contribution in [3.8, 4) is 0 Å². The number of hydrogen-bond donors (Lipinski definition) is 1. The summed E-state index contributed by atoms with van der Waals surface area (Å²) >= 11 is 0. The quantitative estimate of drug-likeness (QED) is 0.811. The molecule has 1 aromatic carbocycles. The third-order valence-electron chi connectivity index (χ3n) is 5.07. The Bertz CT molecular complexity index is 403. The Morgan fingerprint density at radius 2 is 2.00 bits per heavy atom. The van der Waals surface area contributed by atoms with E-state index >= 15 is 0 Å². The van der Waals surface area contributed by atoms with Gasteiger partial charge in [0, 0.05) is 13.2 Å². The molecular weight excluding hydrogens is 234 g/mol. The van der Waals surface area contributed by atoms with Gasteiger partial charge in [0.25, 0.3) is 0 Å². The van der Waals surface area contributed by atoms with Gasteiger partial charge >= 0.3 is 0 Å². The van der Waals surface area contributed by atoms with Crippen LogP contribution in [-0.2, 0) is 11.2 Å². The van der Waals surface area contributed by atoms with Crippen LogP contribution in [0.3, 0.4) is 0 Å². The van der Waals surface area contributed by atoms with Gasteiger partial charge in [-0.1, -0.05) is 38.1 Å². The first-order valence-corrected chi connectivity index (χ1v) is 7.51. The van der Waals surface area contributed by atoms with Gasteiger partial charge in [-0.2, -0.15) is 0 Å². The lowest BCUT2D eigenvalue weighted by molar-refractivity contribution is -0.0496. The molecule has 106 valence electrons. The van der Waals surface area contributed by atoms with Gasteiger partial charge in [-0.3, -0.25) is 0 Å². The van der Waals surface area contributed by atoms with Crippen molar-refractivity contribution in [3.05, 3.63) is 35.4 Å². The maximum Gasteiger partial charge on any atom is 0.0825 e. The molecule has 0 radical (unpaired) electrons. The molecule has 0 heterocycles. The zero-order valence-corrected chi connectivity index (χ0v) is 12.7. The fourth-order valence-corrected chi connectivity index (χ4v) is 3.63. The second kappa shape index (κ2) is 6.06. The van der Waals surface area contributed by atoms with Crippen LogP contribution < -0.4 is 5.32 Å². The van der Waals surface area contributed by atoms with E-state index < -0.39 is 0 Å². The van der Waals surface area contributed by atoms with Crippen molar-refractivity contribution in [2.75, 3.05) is 14.2 Å². The smallest absolute Gasteiger partial charge is 0.0825 e. The highest BCUT2D eigenvalue weighted by Crippen LogP contribution is 2.40. The molecule has 0 aliphatic heterocycles. The molecular formula is C17H27NO. The molecule has 0 amide bonds. The SMILES string of the molecule is CCC(CC)(OC)C(CC1Cc2ccccc21)NC. The van der Waals surface area contributed by atoms with E-state index in [1.165, 1.54) is 18.4 Å². The van der Waals surface area contributed by atoms with Gasteiger partial charge < -0.3 is 10.1 Å². The van der Waals surface area contributed by atoms with Gasteiger partial charge in [0.05, 0.1) is 5.60 Å². The molecule has 2 heteroatoms. The Kier molecular flexibility index (Phi) is 4.64. The molecule has 0 saturated heterocycles. The fourth-order valence-electron chi connectivity index (χ4n) is 3.63. The van der Waals surface area contributed by atoms with Crippen LogP contribution in [0.1, 0.15) is 50.2 Å². The maximum absolute atomic E-state index is 5.88. The number of hydrogen-bond acceptors (Lipinski definition) is 2. The fraction of sp³-hybridized carbons (Fsp3) is 0.647. The molecule has 0 spiro atoms. The largest absolute Gasteiger partial charge is 0.377 e. The van der Waals surface area contributed by atoms with Crippen molar-refractivity contribution in [2.45, 2.75) is 57.1 Å². The molecule has 2 unspecified atom stereocenters. The molecule has 2 rings (SSSR count). The van der Waals surface area contributed by atoms with E-state index in [4.69, 9.17) is 4.74 Å². The molecule has 1 N–H and O–H groups in total. The molecule has 1 aliphatic rings. The van der Waals surface area contributed by atoms with Crippen LogP contribution in [0.25, 0.3) is 0 Å². The summed E-state index contributed by atoms with van der Waals surface area (Å²) in [4.78, 5) is 0. The highest BCUT2D eigenvalue weighted by molar-refractivity contribution is 5.40. The predicted molar refractivity (Wildman–Crippen MR) is 80.7 cm³/mol. The third kappa shape index (κ3) is 2.56. The Labute approximate surface area is 117 Å². The minimum absolute atomic E-state index is 0.0285. The highest BCUT2D eigenvalue weighted by Gasteiger charge is 2.38. The lowest BCUT2D eigenvalue weighted by Crippen LogP contribution is -2.51. The lowest BCUT2D eigenvalue weighted by Gasteiger charge is -2.42. The van der Waals surface area contributed by atoms with Gasteiger partial charge in [0.15, 0.2) is 0 Å². The zero-order valence-electron chi connectivity index (χ0n) is 12.7. The monoisotopic (exact) mass is 261 g/mol. The molecule has 0 fully saturated rings. The Hall–Kier alpha value is -0.860. The van der Waals surface area contributed by atoms with Crippen LogP contribution in [-0.4, -0.2) is 25.8 Å². The number of ether oxygens (including phenoxy) is 1. The Morgan fingerprint density at radius 3 is 2.53 bits per heavy atom. The summed E-state index contributed by atoms with van der Waals surface area (Å²) in [6.07, 6.45) is 4.50. The van der Waals surface area contributed by atoms with E-state index in [-0.39, 0.29) is 5.60 Å². The predicted octanol–water partition coefficient (Wildman–Crippen LogP) is 3.51. The molecule has 2 nitrogen and oxygen atoms in total. The van der Waals surface area contributed by atoms with Crippen molar-refractivity contribution < 1.29 is 4.74 Å². The molecule has 1 aromatic rings. The van der Waals surface area contributed by atoms with Crippen LogP contribution in [0.4, 0.5) is 0 Å². The van der Waals surface area contributed by atoms with Gasteiger partial charge in [0.1, 0.15) is 0 Å². The van der Waals surface area contributed by atoms with E-state index in [1.807, 2.05) is 7.11 Å². The molecule has 0 bridgehead atoms. The number of likely N-dealkylation sites (N-methyl/N-ethyl adjacent to an activating group) is 1.